The quantitative estimate of drug-likeness (QED) is 0.382. The summed E-state index contributed by atoms with van der Waals surface area (Å²) in [5, 5.41) is 5.40. The van der Waals surface area contributed by atoms with Crippen molar-refractivity contribution in [2.75, 3.05) is 43.4 Å². The largest absolute Gasteiger partial charge is 0.463 e. The average Bonchev–Trinajstić information content (AvgIpc) is 3.62. The number of para-hydroxylation sites is 1. The van der Waals surface area contributed by atoms with E-state index in [-0.39, 0.29) is 5.95 Å². The van der Waals surface area contributed by atoms with Crippen LogP contribution in [0.2, 0.25) is 0 Å². The highest BCUT2D eigenvalue weighted by atomic mass is 16.5. The lowest BCUT2D eigenvalue weighted by Crippen LogP contribution is -2.57. The van der Waals surface area contributed by atoms with E-state index in [1.807, 2.05) is 30.5 Å². The molecule has 4 aromatic heterocycles. The fourth-order valence-corrected chi connectivity index (χ4v) is 5.24. The maximum Gasteiger partial charge on any atom is 0.316 e. The number of aromatic nitrogens is 7. The van der Waals surface area contributed by atoms with Crippen molar-refractivity contribution in [2.24, 2.45) is 5.92 Å². The molecule has 2 unspecified atom stereocenters. The summed E-state index contributed by atoms with van der Waals surface area (Å²) in [5.74, 6) is 2.69. The summed E-state index contributed by atoms with van der Waals surface area (Å²) >= 11 is 0. The van der Waals surface area contributed by atoms with Gasteiger partial charge in [-0.25, -0.2) is 4.98 Å². The molecule has 0 aliphatic carbocycles. The number of rotatable bonds is 5. The molecular formula is C25H26N10O2. The topological polar surface area (TPSA) is 137 Å². The molecule has 2 N–H and O–H groups in total. The van der Waals surface area contributed by atoms with E-state index >= 15 is 0 Å². The van der Waals surface area contributed by atoms with E-state index in [2.05, 4.69) is 39.8 Å². The van der Waals surface area contributed by atoms with E-state index in [4.69, 9.17) is 14.9 Å². The van der Waals surface area contributed by atoms with Gasteiger partial charge in [0.15, 0.2) is 5.76 Å². The zero-order valence-corrected chi connectivity index (χ0v) is 20.1. The van der Waals surface area contributed by atoms with Gasteiger partial charge in [0.1, 0.15) is 0 Å². The van der Waals surface area contributed by atoms with Crippen LogP contribution in [-0.4, -0.2) is 78.3 Å². The minimum absolute atomic E-state index is 0.254. The maximum atomic E-state index is 6.21. The molecule has 37 heavy (non-hydrogen) atoms. The summed E-state index contributed by atoms with van der Waals surface area (Å²) in [7, 11) is 0. The third kappa shape index (κ3) is 4.18. The van der Waals surface area contributed by atoms with Gasteiger partial charge in [-0.15, -0.1) is 5.10 Å². The first-order valence-electron chi connectivity index (χ1n) is 12.5. The molecule has 2 aliphatic rings. The Hall–Kier alpha value is -4.32. The normalized spacial score (nSPS) is 20.4. The number of hydrogen-bond donors (Lipinski definition) is 1. The Morgan fingerprint density at radius 2 is 1.95 bits per heavy atom. The molecule has 12 nitrogen and oxygen atoms in total. The van der Waals surface area contributed by atoms with Gasteiger partial charge in [0.25, 0.3) is 5.78 Å². The first-order valence-corrected chi connectivity index (χ1v) is 12.5. The Labute approximate surface area is 212 Å². The van der Waals surface area contributed by atoms with E-state index < -0.39 is 0 Å². The summed E-state index contributed by atoms with van der Waals surface area (Å²) in [6.07, 6.45) is 5.56. The van der Waals surface area contributed by atoms with Gasteiger partial charge in [-0.05, 0) is 31.0 Å². The zero-order valence-electron chi connectivity index (χ0n) is 20.1. The fourth-order valence-electron chi connectivity index (χ4n) is 5.24. The SMILES string of the molecule is Nc1nc(N2CCN3CC(COc4ncc5ccccc5n4)CCC3C2)nc2nc(-c3ccco3)nn12. The predicted octanol–water partition coefficient (Wildman–Crippen LogP) is 2.28. The Morgan fingerprint density at radius 3 is 2.86 bits per heavy atom. The lowest BCUT2D eigenvalue weighted by Gasteiger charge is -2.46. The van der Waals surface area contributed by atoms with Gasteiger partial charge in [0, 0.05) is 49.7 Å². The van der Waals surface area contributed by atoms with Crippen LogP contribution in [-0.2, 0) is 0 Å². The number of fused-ring (bicyclic) bond motifs is 3. The summed E-state index contributed by atoms with van der Waals surface area (Å²) in [5.41, 5.74) is 7.11. The average molecular weight is 499 g/mol. The second-order valence-electron chi connectivity index (χ2n) is 9.57. The third-order valence-corrected chi connectivity index (χ3v) is 7.17. The van der Waals surface area contributed by atoms with Gasteiger partial charge >= 0.3 is 6.01 Å². The molecule has 188 valence electrons. The molecule has 0 spiro atoms. The van der Waals surface area contributed by atoms with Crippen molar-refractivity contribution in [1.82, 2.24) is 39.4 Å². The van der Waals surface area contributed by atoms with Crippen LogP contribution in [0, 0.1) is 5.92 Å². The van der Waals surface area contributed by atoms with Crippen molar-refractivity contribution in [2.45, 2.75) is 18.9 Å². The maximum absolute atomic E-state index is 6.21. The number of piperazine rings is 1. The summed E-state index contributed by atoms with van der Waals surface area (Å²) in [4.78, 5) is 27.3. The van der Waals surface area contributed by atoms with Crippen molar-refractivity contribution in [3.63, 3.8) is 0 Å². The molecule has 2 atom stereocenters. The van der Waals surface area contributed by atoms with Gasteiger partial charge < -0.3 is 19.8 Å². The summed E-state index contributed by atoms with van der Waals surface area (Å²) in [6.45, 7) is 4.19. The van der Waals surface area contributed by atoms with Crippen LogP contribution >= 0.6 is 0 Å². The van der Waals surface area contributed by atoms with Gasteiger partial charge in [0.05, 0.1) is 18.4 Å². The molecule has 5 aromatic rings. The second kappa shape index (κ2) is 8.96. The van der Waals surface area contributed by atoms with Crippen molar-refractivity contribution in [3.05, 3.63) is 48.9 Å². The van der Waals surface area contributed by atoms with E-state index in [1.165, 1.54) is 4.52 Å². The highest BCUT2D eigenvalue weighted by Crippen LogP contribution is 2.28. The van der Waals surface area contributed by atoms with Crippen LogP contribution in [0.1, 0.15) is 12.8 Å². The van der Waals surface area contributed by atoms with E-state index in [0.29, 0.717) is 47.9 Å². The Balaban J connectivity index is 0.996. The number of nitrogen functional groups attached to an aromatic ring is 1. The van der Waals surface area contributed by atoms with Crippen LogP contribution in [0.25, 0.3) is 28.3 Å². The Bertz CT molecular complexity index is 1550. The third-order valence-electron chi connectivity index (χ3n) is 7.17. The van der Waals surface area contributed by atoms with Crippen molar-refractivity contribution in [1.29, 1.82) is 0 Å². The molecule has 1 aromatic carbocycles. The molecule has 2 saturated heterocycles. The first-order chi connectivity index (χ1) is 18.2. The predicted molar refractivity (Wildman–Crippen MR) is 136 cm³/mol. The molecule has 2 fully saturated rings. The van der Waals surface area contributed by atoms with Crippen molar-refractivity contribution in [3.8, 4) is 17.6 Å². The number of nitrogens with two attached hydrogens (primary N) is 1. The van der Waals surface area contributed by atoms with Crippen LogP contribution in [0.5, 0.6) is 6.01 Å². The van der Waals surface area contributed by atoms with Gasteiger partial charge in [-0.3, -0.25) is 4.90 Å². The number of hydrogen-bond acceptors (Lipinski definition) is 11. The minimum Gasteiger partial charge on any atom is -0.463 e. The lowest BCUT2D eigenvalue weighted by atomic mass is 9.91. The summed E-state index contributed by atoms with van der Waals surface area (Å²) in [6, 6.07) is 12.4. The molecule has 2 aliphatic heterocycles. The second-order valence-corrected chi connectivity index (χ2v) is 9.57. The molecule has 12 heteroatoms. The summed E-state index contributed by atoms with van der Waals surface area (Å²) < 4.78 is 12.8. The number of nitrogens with zero attached hydrogens (tertiary/aromatic N) is 9. The first kappa shape index (κ1) is 21.9. The van der Waals surface area contributed by atoms with Crippen molar-refractivity contribution < 1.29 is 9.15 Å². The number of anilines is 2. The van der Waals surface area contributed by atoms with Crippen LogP contribution in [0.3, 0.4) is 0 Å². The number of benzene rings is 1. The smallest absolute Gasteiger partial charge is 0.316 e. The number of piperidine rings is 1. The molecule has 7 rings (SSSR count). The molecular weight excluding hydrogens is 472 g/mol. The monoisotopic (exact) mass is 498 g/mol. The van der Waals surface area contributed by atoms with Crippen LogP contribution < -0.4 is 15.4 Å². The molecule has 6 heterocycles. The van der Waals surface area contributed by atoms with Crippen LogP contribution in [0.15, 0.2) is 53.3 Å². The number of ether oxygens (including phenoxy) is 1. The van der Waals surface area contributed by atoms with E-state index in [0.717, 1.165) is 49.9 Å². The zero-order chi connectivity index (χ0) is 24.8. The Kier molecular flexibility index (Phi) is 5.31. The van der Waals surface area contributed by atoms with E-state index in [1.54, 1.807) is 18.4 Å². The highest BCUT2D eigenvalue weighted by Gasteiger charge is 2.34. The minimum atomic E-state index is 0.254. The number of furan rings is 1. The Morgan fingerprint density at radius 1 is 1.00 bits per heavy atom. The fraction of sp³-hybridized carbons (Fsp3) is 0.360. The molecule has 0 bridgehead atoms. The van der Waals surface area contributed by atoms with Crippen molar-refractivity contribution >= 4 is 28.6 Å². The highest BCUT2D eigenvalue weighted by molar-refractivity contribution is 5.77. The van der Waals surface area contributed by atoms with Gasteiger partial charge in [-0.1, -0.05) is 18.2 Å². The molecule has 0 amide bonds. The van der Waals surface area contributed by atoms with Gasteiger partial charge in [-0.2, -0.15) is 24.5 Å². The molecule has 0 radical (unpaired) electrons. The van der Waals surface area contributed by atoms with E-state index in [9.17, 15) is 0 Å². The van der Waals surface area contributed by atoms with Gasteiger partial charge in [0.2, 0.25) is 17.7 Å². The van der Waals surface area contributed by atoms with Crippen LogP contribution in [0.4, 0.5) is 11.9 Å². The standard InChI is InChI=1S/C25H26N10O2/c26-22-30-23(31-24-29-21(32-35(22)24)20-6-3-11-36-20)34-10-9-33-13-16(7-8-18(33)14-34)15-37-25-27-12-17-4-1-2-5-19(17)28-25/h1-6,11-12,16,18H,7-10,13-15H2,(H2,26,29,30,31,32). The molecule has 0 saturated carbocycles. The lowest BCUT2D eigenvalue weighted by molar-refractivity contribution is 0.0705.